The Labute approximate surface area is 55.8 Å². The van der Waals surface area contributed by atoms with Crippen molar-refractivity contribution in [2.24, 2.45) is 5.92 Å². The number of hydrogen-bond acceptors (Lipinski definition) is 2. The molecule has 2 nitrogen and oxygen atoms in total. The first-order valence-corrected chi connectivity index (χ1v) is 3.55. The predicted molar refractivity (Wildman–Crippen MR) is 35.2 cm³/mol. The number of rotatable bonds is 4. The van der Waals surface area contributed by atoms with Gasteiger partial charge in [0, 0.05) is 6.61 Å². The Kier molecular flexibility index (Phi) is 2.49. The third-order valence-corrected chi connectivity index (χ3v) is 1.70. The summed E-state index contributed by atoms with van der Waals surface area (Å²) >= 11 is 0. The minimum Gasteiger partial charge on any atom is -0.396 e. The lowest BCUT2D eigenvalue weighted by molar-refractivity contribution is 0.224. The largest absolute Gasteiger partial charge is 0.396 e. The van der Waals surface area contributed by atoms with E-state index in [-0.39, 0.29) is 0 Å². The van der Waals surface area contributed by atoms with Crippen LogP contribution in [-0.2, 0) is 4.74 Å². The van der Waals surface area contributed by atoms with Gasteiger partial charge >= 0.3 is 0 Å². The molecular weight excluding hydrogens is 116 g/mol. The van der Waals surface area contributed by atoms with Gasteiger partial charge in [0.1, 0.15) is 0 Å². The van der Waals surface area contributed by atoms with Crippen molar-refractivity contribution in [2.45, 2.75) is 25.9 Å². The zero-order chi connectivity index (χ0) is 6.69. The van der Waals surface area contributed by atoms with Gasteiger partial charge < -0.3 is 9.84 Å². The third kappa shape index (κ3) is 2.82. The molecule has 0 bridgehead atoms. The van der Waals surface area contributed by atoms with E-state index in [0.29, 0.717) is 18.6 Å². The van der Waals surface area contributed by atoms with E-state index < -0.39 is 0 Å². The SMILES string of the molecule is CC(CO)CCC1CO1. The van der Waals surface area contributed by atoms with E-state index in [2.05, 4.69) is 6.92 Å². The second-order valence-corrected chi connectivity index (χ2v) is 2.82. The number of hydrogen-bond donors (Lipinski definition) is 1. The van der Waals surface area contributed by atoms with Gasteiger partial charge in [0.2, 0.25) is 0 Å². The first kappa shape index (κ1) is 7.03. The van der Waals surface area contributed by atoms with E-state index in [1.165, 1.54) is 0 Å². The molecule has 0 aromatic heterocycles. The van der Waals surface area contributed by atoms with Gasteiger partial charge in [0.05, 0.1) is 12.7 Å². The lowest BCUT2D eigenvalue weighted by atomic mass is 10.1. The maximum absolute atomic E-state index is 8.63. The van der Waals surface area contributed by atoms with Gasteiger partial charge in [-0.05, 0) is 18.8 Å². The molecule has 1 heterocycles. The van der Waals surface area contributed by atoms with Crippen molar-refractivity contribution in [2.75, 3.05) is 13.2 Å². The van der Waals surface area contributed by atoms with Crippen LogP contribution in [0.4, 0.5) is 0 Å². The molecule has 0 aromatic carbocycles. The molecule has 9 heavy (non-hydrogen) atoms. The van der Waals surface area contributed by atoms with Crippen LogP contribution in [0.3, 0.4) is 0 Å². The lowest BCUT2D eigenvalue weighted by Crippen LogP contribution is -2.01. The maximum atomic E-state index is 8.63. The van der Waals surface area contributed by atoms with E-state index in [0.717, 1.165) is 19.4 Å². The molecule has 0 amide bonds. The first-order valence-electron chi connectivity index (χ1n) is 3.55. The van der Waals surface area contributed by atoms with Gasteiger partial charge in [-0.2, -0.15) is 0 Å². The predicted octanol–water partition coefficient (Wildman–Crippen LogP) is 0.794. The van der Waals surface area contributed by atoms with Crippen molar-refractivity contribution in [1.29, 1.82) is 0 Å². The molecule has 1 N–H and O–H groups in total. The topological polar surface area (TPSA) is 32.8 Å². The highest BCUT2D eigenvalue weighted by Crippen LogP contribution is 2.18. The maximum Gasteiger partial charge on any atom is 0.0810 e. The molecule has 2 unspecified atom stereocenters. The summed E-state index contributed by atoms with van der Waals surface area (Å²) in [6.45, 7) is 3.31. The summed E-state index contributed by atoms with van der Waals surface area (Å²) in [6, 6.07) is 0. The summed E-state index contributed by atoms with van der Waals surface area (Å²) in [4.78, 5) is 0. The Morgan fingerprint density at radius 2 is 2.44 bits per heavy atom. The van der Waals surface area contributed by atoms with Gasteiger partial charge in [-0.1, -0.05) is 6.92 Å². The highest BCUT2D eigenvalue weighted by molar-refractivity contribution is 4.69. The molecule has 54 valence electrons. The average molecular weight is 130 g/mol. The van der Waals surface area contributed by atoms with Gasteiger partial charge in [-0.3, -0.25) is 0 Å². The molecule has 0 spiro atoms. The summed E-state index contributed by atoms with van der Waals surface area (Å²) < 4.78 is 5.02. The van der Waals surface area contributed by atoms with Crippen molar-refractivity contribution in [3.05, 3.63) is 0 Å². The Morgan fingerprint density at radius 1 is 1.78 bits per heavy atom. The summed E-state index contributed by atoms with van der Waals surface area (Å²) in [6.07, 6.45) is 2.75. The lowest BCUT2D eigenvalue weighted by Gasteiger charge is -2.03. The van der Waals surface area contributed by atoms with Crippen LogP contribution in [0.15, 0.2) is 0 Å². The fraction of sp³-hybridized carbons (Fsp3) is 1.00. The van der Waals surface area contributed by atoms with Crippen LogP contribution < -0.4 is 0 Å². The van der Waals surface area contributed by atoms with Crippen molar-refractivity contribution in [1.82, 2.24) is 0 Å². The molecule has 1 saturated heterocycles. The highest BCUT2D eigenvalue weighted by atomic mass is 16.6. The van der Waals surface area contributed by atoms with Crippen LogP contribution in [0.25, 0.3) is 0 Å². The van der Waals surface area contributed by atoms with Crippen molar-refractivity contribution < 1.29 is 9.84 Å². The number of aliphatic hydroxyl groups excluding tert-OH is 1. The molecule has 1 aliphatic rings. The quantitative estimate of drug-likeness (QED) is 0.571. The normalized spacial score (nSPS) is 28.0. The Hall–Kier alpha value is -0.0800. The molecule has 2 heteroatoms. The van der Waals surface area contributed by atoms with E-state index in [9.17, 15) is 0 Å². The summed E-state index contributed by atoms with van der Waals surface area (Å²) in [5.41, 5.74) is 0. The van der Waals surface area contributed by atoms with Gasteiger partial charge in [-0.25, -0.2) is 0 Å². The van der Waals surface area contributed by atoms with E-state index in [1.807, 2.05) is 0 Å². The van der Waals surface area contributed by atoms with Gasteiger partial charge in [-0.15, -0.1) is 0 Å². The smallest absolute Gasteiger partial charge is 0.0810 e. The summed E-state index contributed by atoms with van der Waals surface area (Å²) in [5, 5.41) is 8.63. The number of epoxide rings is 1. The Bertz CT molecular complexity index is 79.0. The highest BCUT2D eigenvalue weighted by Gasteiger charge is 2.22. The van der Waals surface area contributed by atoms with E-state index in [4.69, 9.17) is 9.84 Å². The molecular formula is C7H14O2. The standard InChI is InChI=1S/C7H14O2/c1-6(4-8)2-3-7-5-9-7/h6-8H,2-5H2,1H3. The van der Waals surface area contributed by atoms with Crippen LogP contribution >= 0.6 is 0 Å². The molecule has 0 aromatic rings. The molecule has 1 fully saturated rings. The van der Waals surface area contributed by atoms with Crippen LogP contribution in [0.1, 0.15) is 19.8 Å². The fourth-order valence-electron chi connectivity index (χ4n) is 0.796. The monoisotopic (exact) mass is 130 g/mol. The fourth-order valence-corrected chi connectivity index (χ4v) is 0.796. The van der Waals surface area contributed by atoms with Crippen molar-refractivity contribution >= 4 is 0 Å². The van der Waals surface area contributed by atoms with Crippen LogP contribution in [0.2, 0.25) is 0 Å². The molecule has 0 saturated carbocycles. The minimum atomic E-state index is 0.312. The average Bonchev–Trinajstić information content (AvgIpc) is 2.65. The minimum absolute atomic E-state index is 0.312. The van der Waals surface area contributed by atoms with Crippen LogP contribution in [-0.4, -0.2) is 24.4 Å². The number of aliphatic hydroxyl groups is 1. The van der Waals surface area contributed by atoms with Gasteiger partial charge in [0.25, 0.3) is 0 Å². The molecule has 1 aliphatic heterocycles. The van der Waals surface area contributed by atoms with Crippen LogP contribution in [0.5, 0.6) is 0 Å². The first-order chi connectivity index (χ1) is 4.33. The third-order valence-electron chi connectivity index (χ3n) is 1.70. The molecule has 0 aliphatic carbocycles. The van der Waals surface area contributed by atoms with E-state index in [1.54, 1.807) is 0 Å². The Balaban J connectivity index is 1.90. The second-order valence-electron chi connectivity index (χ2n) is 2.82. The Morgan fingerprint density at radius 3 is 2.89 bits per heavy atom. The van der Waals surface area contributed by atoms with Crippen molar-refractivity contribution in [3.63, 3.8) is 0 Å². The second kappa shape index (κ2) is 3.18. The van der Waals surface area contributed by atoms with Crippen molar-refractivity contribution in [3.8, 4) is 0 Å². The molecule has 0 radical (unpaired) electrons. The van der Waals surface area contributed by atoms with E-state index >= 15 is 0 Å². The summed E-state index contributed by atoms with van der Waals surface area (Å²) in [7, 11) is 0. The molecule has 1 rings (SSSR count). The summed E-state index contributed by atoms with van der Waals surface area (Å²) in [5.74, 6) is 0.453. The zero-order valence-corrected chi connectivity index (χ0v) is 5.84. The van der Waals surface area contributed by atoms with Crippen LogP contribution in [0, 0.1) is 5.92 Å². The molecule has 2 atom stereocenters. The number of ether oxygens (including phenoxy) is 1. The zero-order valence-electron chi connectivity index (χ0n) is 5.84. The van der Waals surface area contributed by atoms with Gasteiger partial charge in [0.15, 0.2) is 0 Å².